The second-order valence-corrected chi connectivity index (χ2v) is 4.77. The van der Waals surface area contributed by atoms with Gasteiger partial charge in [0.2, 0.25) is 5.91 Å². The normalized spacial score (nSPS) is 23.9. The van der Waals surface area contributed by atoms with Gasteiger partial charge in [0.15, 0.2) is 0 Å². The summed E-state index contributed by atoms with van der Waals surface area (Å²) in [7, 11) is 2.11. The van der Waals surface area contributed by atoms with Gasteiger partial charge in [0.05, 0.1) is 0 Å². The minimum Gasteiger partial charge on any atom is -0.352 e. The molecule has 14 heavy (non-hydrogen) atoms. The first-order valence-electron chi connectivity index (χ1n) is 5.56. The van der Waals surface area contributed by atoms with E-state index in [0.717, 1.165) is 19.5 Å². The molecule has 0 saturated carbocycles. The number of nitrogens with one attached hydrogen (secondary N) is 1. The van der Waals surface area contributed by atoms with E-state index in [2.05, 4.69) is 31.1 Å². The molecule has 3 nitrogen and oxygen atoms in total. The average molecular weight is 198 g/mol. The van der Waals surface area contributed by atoms with Crippen LogP contribution in [0.1, 0.15) is 33.1 Å². The third-order valence-corrected chi connectivity index (χ3v) is 2.58. The van der Waals surface area contributed by atoms with E-state index in [4.69, 9.17) is 0 Å². The van der Waals surface area contributed by atoms with Crippen molar-refractivity contribution in [3.8, 4) is 0 Å². The number of piperidine rings is 1. The van der Waals surface area contributed by atoms with E-state index in [1.165, 1.54) is 6.42 Å². The van der Waals surface area contributed by atoms with Gasteiger partial charge < -0.3 is 10.2 Å². The maximum atomic E-state index is 11.5. The van der Waals surface area contributed by atoms with Gasteiger partial charge in [-0.1, -0.05) is 13.8 Å². The molecule has 1 aliphatic rings. The molecular formula is C11H22N2O. The maximum absolute atomic E-state index is 11.5. The number of carbonyl (C=O) groups is 1. The molecule has 1 fully saturated rings. The Morgan fingerprint density at radius 2 is 2.29 bits per heavy atom. The molecule has 0 aliphatic carbocycles. The Kier molecular flexibility index (Phi) is 4.39. The van der Waals surface area contributed by atoms with Gasteiger partial charge in [-0.2, -0.15) is 0 Å². The number of hydrogen-bond donors (Lipinski definition) is 1. The van der Waals surface area contributed by atoms with Crippen molar-refractivity contribution in [2.45, 2.75) is 39.2 Å². The molecule has 1 aliphatic heterocycles. The monoisotopic (exact) mass is 198 g/mol. The molecule has 1 atom stereocenters. The zero-order valence-electron chi connectivity index (χ0n) is 9.55. The number of likely N-dealkylation sites (tertiary alicyclic amines) is 1. The van der Waals surface area contributed by atoms with Gasteiger partial charge in [0.1, 0.15) is 0 Å². The summed E-state index contributed by atoms with van der Waals surface area (Å²) in [6, 6.07) is 0.375. The number of likely N-dealkylation sites (N-methyl/N-ethyl adjacent to an activating group) is 1. The van der Waals surface area contributed by atoms with Crippen LogP contribution in [0.15, 0.2) is 0 Å². The van der Waals surface area contributed by atoms with Crippen LogP contribution in [0.3, 0.4) is 0 Å². The van der Waals surface area contributed by atoms with Crippen LogP contribution < -0.4 is 5.32 Å². The molecule has 1 saturated heterocycles. The summed E-state index contributed by atoms with van der Waals surface area (Å²) in [5.74, 6) is 0.664. The lowest BCUT2D eigenvalue weighted by Crippen LogP contribution is -2.46. The van der Waals surface area contributed by atoms with Gasteiger partial charge in [0.25, 0.3) is 0 Å². The summed E-state index contributed by atoms with van der Waals surface area (Å²) in [4.78, 5) is 13.8. The largest absolute Gasteiger partial charge is 0.352 e. The van der Waals surface area contributed by atoms with Crippen LogP contribution in [0.25, 0.3) is 0 Å². The molecule has 82 valence electrons. The first-order chi connectivity index (χ1) is 6.58. The Hall–Kier alpha value is -0.570. The highest BCUT2D eigenvalue weighted by Crippen LogP contribution is 2.08. The van der Waals surface area contributed by atoms with Crippen molar-refractivity contribution in [2.75, 3.05) is 20.1 Å². The zero-order valence-corrected chi connectivity index (χ0v) is 9.55. The SMILES string of the molecule is CC(C)CC(=O)NC1CCCN(C)C1. The predicted octanol–water partition coefficient (Wildman–Crippen LogP) is 1.24. The van der Waals surface area contributed by atoms with Crippen LogP contribution in [0, 0.1) is 5.92 Å². The van der Waals surface area contributed by atoms with E-state index < -0.39 is 0 Å². The summed E-state index contributed by atoms with van der Waals surface area (Å²) in [6.45, 7) is 6.32. The molecule has 0 spiro atoms. The Morgan fingerprint density at radius 3 is 2.86 bits per heavy atom. The van der Waals surface area contributed by atoms with Crippen molar-refractivity contribution in [3.05, 3.63) is 0 Å². The lowest BCUT2D eigenvalue weighted by molar-refractivity contribution is -0.122. The second kappa shape index (κ2) is 5.35. The van der Waals surface area contributed by atoms with Gasteiger partial charge in [0, 0.05) is 19.0 Å². The van der Waals surface area contributed by atoms with Crippen LogP contribution in [-0.2, 0) is 4.79 Å². The van der Waals surface area contributed by atoms with Gasteiger partial charge in [-0.15, -0.1) is 0 Å². The molecule has 0 bridgehead atoms. The Morgan fingerprint density at radius 1 is 1.57 bits per heavy atom. The third-order valence-electron chi connectivity index (χ3n) is 2.58. The van der Waals surface area contributed by atoms with Crippen molar-refractivity contribution in [2.24, 2.45) is 5.92 Å². The minimum absolute atomic E-state index is 0.209. The molecule has 0 radical (unpaired) electrons. The molecule has 1 heterocycles. The highest BCUT2D eigenvalue weighted by atomic mass is 16.1. The smallest absolute Gasteiger partial charge is 0.220 e. The second-order valence-electron chi connectivity index (χ2n) is 4.77. The van der Waals surface area contributed by atoms with Crippen molar-refractivity contribution < 1.29 is 4.79 Å². The van der Waals surface area contributed by atoms with Crippen LogP contribution >= 0.6 is 0 Å². The van der Waals surface area contributed by atoms with Crippen molar-refractivity contribution in [3.63, 3.8) is 0 Å². The van der Waals surface area contributed by atoms with E-state index in [-0.39, 0.29) is 5.91 Å². The van der Waals surface area contributed by atoms with Gasteiger partial charge >= 0.3 is 0 Å². The predicted molar refractivity (Wildman–Crippen MR) is 58.1 cm³/mol. The number of rotatable bonds is 3. The zero-order chi connectivity index (χ0) is 10.6. The van der Waals surface area contributed by atoms with Crippen LogP contribution in [-0.4, -0.2) is 37.0 Å². The van der Waals surface area contributed by atoms with Crippen LogP contribution in [0.5, 0.6) is 0 Å². The first kappa shape index (κ1) is 11.5. The molecule has 1 rings (SSSR count). The lowest BCUT2D eigenvalue weighted by atomic mass is 10.1. The summed E-state index contributed by atoms with van der Waals surface area (Å²) in [6.07, 6.45) is 2.98. The summed E-state index contributed by atoms with van der Waals surface area (Å²) in [5, 5.41) is 3.10. The number of amides is 1. The van der Waals surface area contributed by atoms with E-state index in [1.807, 2.05) is 0 Å². The van der Waals surface area contributed by atoms with Crippen LogP contribution in [0.2, 0.25) is 0 Å². The third kappa shape index (κ3) is 4.09. The molecule has 1 unspecified atom stereocenters. The van der Waals surface area contributed by atoms with E-state index in [1.54, 1.807) is 0 Å². The summed E-state index contributed by atoms with van der Waals surface area (Å²) in [5.41, 5.74) is 0. The van der Waals surface area contributed by atoms with E-state index in [0.29, 0.717) is 18.4 Å². The maximum Gasteiger partial charge on any atom is 0.220 e. The fourth-order valence-electron chi connectivity index (χ4n) is 1.94. The summed E-state index contributed by atoms with van der Waals surface area (Å²) < 4.78 is 0. The van der Waals surface area contributed by atoms with Crippen LogP contribution in [0.4, 0.5) is 0 Å². The van der Waals surface area contributed by atoms with E-state index in [9.17, 15) is 4.79 Å². The van der Waals surface area contributed by atoms with Crippen molar-refractivity contribution in [1.29, 1.82) is 0 Å². The van der Waals surface area contributed by atoms with Gasteiger partial charge in [-0.25, -0.2) is 0 Å². The van der Waals surface area contributed by atoms with Crippen molar-refractivity contribution >= 4 is 5.91 Å². The quantitative estimate of drug-likeness (QED) is 0.740. The fraction of sp³-hybridized carbons (Fsp3) is 0.909. The standard InChI is InChI=1S/C11H22N2O/c1-9(2)7-11(14)12-10-5-4-6-13(3)8-10/h9-10H,4-8H2,1-3H3,(H,12,14). The highest BCUT2D eigenvalue weighted by Gasteiger charge is 2.18. The fourth-order valence-corrected chi connectivity index (χ4v) is 1.94. The number of hydrogen-bond acceptors (Lipinski definition) is 2. The highest BCUT2D eigenvalue weighted by molar-refractivity contribution is 5.76. The molecule has 0 aromatic heterocycles. The lowest BCUT2D eigenvalue weighted by Gasteiger charge is -2.30. The van der Waals surface area contributed by atoms with Crippen molar-refractivity contribution in [1.82, 2.24) is 10.2 Å². The topological polar surface area (TPSA) is 32.3 Å². The molecule has 1 N–H and O–H groups in total. The average Bonchev–Trinajstić information content (AvgIpc) is 2.01. The van der Waals surface area contributed by atoms with Gasteiger partial charge in [-0.3, -0.25) is 4.79 Å². The Labute approximate surface area is 86.9 Å². The molecule has 3 heteroatoms. The van der Waals surface area contributed by atoms with Gasteiger partial charge in [-0.05, 0) is 32.4 Å². The molecular weight excluding hydrogens is 176 g/mol. The minimum atomic E-state index is 0.209. The number of nitrogens with zero attached hydrogens (tertiary/aromatic N) is 1. The van der Waals surface area contributed by atoms with E-state index >= 15 is 0 Å². The molecule has 0 aromatic rings. The summed E-state index contributed by atoms with van der Waals surface area (Å²) >= 11 is 0. The Balaban J connectivity index is 2.25. The molecule has 1 amide bonds. The Bertz CT molecular complexity index is 192. The molecule has 0 aromatic carbocycles. The number of carbonyl (C=O) groups excluding carboxylic acids is 1. The first-order valence-corrected chi connectivity index (χ1v) is 5.56.